The van der Waals surface area contributed by atoms with Gasteiger partial charge in [-0.2, -0.15) is 12.7 Å². The standard InChI is InChI=1S/C18H14ClNO5S/c19-13-6-7-16-15(10-13)17-14(8-9-20(17)26(22,23)25-16)18(21)24-11-12-4-2-1-3-5-12/h1-8,10,17H,9,11H2. The molecule has 2 aliphatic rings. The number of halogens is 1. The molecule has 0 radical (unpaired) electrons. The fourth-order valence-electron chi connectivity index (χ4n) is 3.08. The third-order valence-corrected chi connectivity index (χ3v) is 5.83. The Hall–Kier alpha value is -2.35. The molecule has 6 nitrogen and oxygen atoms in total. The van der Waals surface area contributed by atoms with Gasteiger partial charge in [-0.05, 0) is 23.8 Å². The fraction of sp³-hybridized carbons (Fsp3) is 0.167. The first-order chi connectivity index (χ1) is 12.5. The quantitative estimate of drug-likeness (QED) is 0.752. The van der Waals surface area contributed by atoms with Crippen LogP contribution >= 0.6 is 11.6 Å². The van der Waals surface area contributed by atoms with Gasteiger partial charge >= 0.3 is 16.3 Å². The van der Waals surface area contributed by atoms with Gasteiger partial charge in [0, 0.05) is 17.1 Å². The highest BCUT2D eigenvalue weighted by atomic mass is 35.5. The van der Waals surface area contributed by atoms with E-state index in [4.69, 9.17) is 20.5 Å². The largest absolute Gasteiger partial charge is 0.457 e. The first kappa shape index (κ1) is 17.1. The van der Waals surface area contributed by atoms with Crippen molar-refractivity contribution >= 4 is 27.9 Å². The van der Waals surface area contributed by atoms with E-state index in [2.05, 4.69) is 0 Å². The Labute approximate surface area is 155 Å². The second-order valence-electron chi connectivity index (χ2n) is 5.92. The zero-order valence-corrected chi connectivity index (χ0v) is 15.0. The van der Waals surface area contributed by atoms with Gasteiger partial charge in [0.1, 0.15) is 12.4 Å². The Balaban J connectivity index is 1.63. The molecule has 8 heteroatoms. The van der Waals surface area contributed by atoms with Crippen molar-refractivity contribution in [3.8, 4) is 5.75 Å². The van der Waals surface area contributed by atoms with E-state index in [-0.39, 0.29) is 24.5 Å². The van der Waals surface area contributed by atoms with Crippen LogP contribution in [0.1, 0.15) is 17.2 Å². The lowest BCUT2D eigenvalue weighted by molar-refractivity contribution is -0.140. The molecule has 0 N–H and O–H groups in total. The van der Waals surface area contributed by atoms with Gasteiger partial charge in [-0.25, -0.2) is 4.79 Å². The Morgan fingerprint density at radius 1 is 1.23 bits per heavy atom. The molecule has 4 rings (SSSR count). The average molecular weight is 392 g/mol. The number of fused-ring (bicyclic) bond motifs is 3. The number of esters is 1. The predicted molar refractivity (Wildman–Crippen MR) is 94.8 cm³/mol. The zero-order chi connectivity index (χ0) is 18.3. The van der Waals surface area contributed by atoms with Crippen LogP contribution in [0.5, 0.6) is 5.75 Å². The number of carbonyl (C=O) groups excluding carboxylic acids is 1. The van der Waals surface area contributed by atoms with Crippen molar-refractivity contribution in [2.45, 2.75) is 12.6 Å². The number of benzene rings is 2. The number of hydrogen-bond acceptors (Lipinski definition) is 5. The van der Waals surface area contributed by atoms with Crippen molar-refractivity contribution in [3.63, 3.8) is 0 Å². The third-order valence-electron chi connectivity index (χ3n) is 4.27. The fourth-order valence-corrected chi connectivity index (χ4v) is 4.47. The van der Waals surface area contributed by atoms with Crippen LogP contribution < -0.4 is 4.18 Å². The number of hydrogen-bond donors (Lipinski definition) is 0. The van der Waals surface area contributed by atoms with E-state index in [1.165, 1.54) is 12.1 Å². The first-order valence-electron chi connectivity index (χ1n) is 7.87. The molecule has 26 heavy (non-hydrogen) atoms. The summed E-state index contributed by atoms with van der Waals surface area (Å²) in [4.78, 5) is 12.6. The van der Waals surface area contributed by atoms with Crippen LogP contribution in [-0.2, 0) is 26.4 Å². The SMILES string of the molecule is O=C(OCc1ccccc1)C1=CCN2C1c1cc(Cl)ccc1OS2(=O)=O. The van der Waals surface area contributed by atoms with Crippen molar-refractivity contribution in [1.82, 2.24) is 4.31 Å². The van der Waals surface area contributed by atoms with Crippen LogP contribution in [0, 0.1) is 0 Å². The number of ether oxygens (including phenoxy) is 1. The predicted octanol–water partition coefficient (Wildman–Crippen LogP) is 3.00. The zero-order valence-electron chi connectivity index (χ0n) is 13.5. The maximum atomic E-state index is 12.6. The molecule has 0 bridgehead atoms. The molecule has 1 atom stereocenters. The van der Waals surface area contributed by atoms with E-state index in [1.54, 1.807) is 12.1 Å². The van der Waals surface area contributed by atoms with Gasteiger partial charge in [0.25, 0.3) is 0 Å². The molecule has 134 valence electrons. The Morgan fingerprint density at radius 2 is 2.00 bits per heavy atom. The Morgan fingerprint density at radius 3 is 2.77 bits per heavy atom. The monoisotopic (exact) mass is 391 g/mol. The summed E-state index contributed by atoms with van der Waals surface area (Å²) >= 11 is 6.05. The second-order valence-corrected chi connectivity index (χ2v) is 7.84. The van der Waals surface area contributed by atoms with Crippen LogP contribution in [0.15, 0.2) is 60.2 Å². The number of rotatable bonds is 3. The minimum atomic E-state index is -3.99. The maximum Gasteiger partial charge on any atom is 0.386 e. The third kappa shape index (κ3) is 2.98. The van der Waals surface area contributed by atoms with Crippen LogP contribution in [0.25, 0.3) is 0 Å². The van der Waals surface area contributed by atoms with Gasteiger partial charge in [0.05, 0.1) is 11.6 Å². The summed E-state index contributed by atoms with van der Waals surface area (Å²) in [5.74, 6) is -0.399. The number of carbonyl (C=O) groups is 1. The Bertz CT molecular complexity index is 1000. The molecule has 0 saturated carbocycles. The van der Waals surface area contributed by atoms with E-state index >= 15 is 0 Å². The smallest absolute Gasteiger partial charge is 0.386 e. The first-order valence-corrected chi connectivity index (χ1v) is 9.62. The molecule has 2 aromatic carbocycles. The van der Waals surface area contributed by atoms with E-state index in [9.17, 15) is 13.2 Å². The van der Waals surface area contributed by atoms with E-state index in [1.807, 2.05) is 30.3 Å². The molecule has 0 saturated heterocycles. The molecule has 0 spiro atoms. The molecular formula is C18H14ClNO5S. The Kier molecular flexibility index (Phi) is 4.22. The molecule has 2 aliphatic heterocycles. The minimum Gasteiger partial charge on any atom is -0.457 e. The lowest BCUT2D eigenvalue weighted by Crippen LogP contribution is -2.40. The summed E-state index contributed by atoms with van der Waals surface area (Å²) in [6.45, 7) is 0.143. The lowest BCUT2D eigenvalue weighted by atomic mass is 10.00. The van der Waals surface area contributed by atoms with E-state index < -0.39 is 22.3 Å². The van der Waals surface area contributed by atoms with Gasteiger partial charge in [-0.1, -0.05) is 48.0 Å². The van der Waals surface area contributed by atoms with Crippen LogP contribution in [0.3, 0.4) is 0 Å². The second kappa shape index (κ2) is 6.42. The van der Waals surface area contributed by atoms with Gasteiger partial charge < -0.3 is 8.92 Å². The van der Waals surface area contributed by atoms with E-state index in [0.717, 1.165) is 9.87 Å². The summed E-state index contributed by atoms with van der Waals surface area (Å²) in [6.07, 6.45) is 1.55. The summed E-state index contributed by atoms with van der Waals surface area (Å²) in [7, 11) is -3.99. The van der Waals surface area contributed by atoms with Gasteiger partial charge in [0.2, 0.25) is 0 Å². The van der Waals surface area contributed by atoms with Crippen molar-refractivity contribution in [3.05, 3.63) is 76.3 Å². The van der Waals surface area contributed by atoms with Crippen LogP contribution in [0.4, 0.5) is 0 Å². The highest BCUT2D eigenvalue weighted by molar-refractivity contribution is 7.84. The van der Waals surface area contributed by atoms with Crippen molar-refractivity contribution < 1.29 is 22.1 Å². The summed E-state index contributed by atoms with van der Waals surface area (Å²) in [5, 5.41) is 0.426. The molecule has 0 aliphatic carbocycles. The van der Waals surface area contributed by atoms with Crippen LogP contribution in [-0.4, -0.2) is 25.2 Å². The van der Waals surface area contributed by atoms with Gasteiger partial charge in [-0.15, -0.1) is 0 Å². The average Bonchev–Trinajstić information content (AvgIpc) is 3.08. The molecule has 0 amide bonds. The molecule has 1 unspecified atom stereocenters. The highest BCUT2D eigenvalue weighted by Crippen LogP contribution is 2.45. The molecule has 2 aromatic rings. The molecule has 2 heterocycles. The molecule has 0 fully saturated rings. The highest BCUT2D eigenvalue weighted by Gasteiger charge is 2.46. The summed E-state index contributed by atoms with van der Waals surface area (Å²) in [6, 6.07) is 13.1. The lowest BCUT2D eigenvalue weighted by Gasteiger charge is -2.31. The van der Waals surface area contributed by atoms with Gasteiger partial charge in [-0.3, -0.25) is 0 Å². The van der Waals surface area contributed by atoms with E-state index in [0.29, 0.717) is 10.6 Å². The van der Waals surface area contributed by atoms with Crippen LogP contribution in [0.2, 0.25) is 5.02 Å². The topological polar surface area (TPSA) is 72.9 Å². The minimum absolute atomic E-state index is 0.0364. The van der Waals surface area contributed by atoms with Crippen molar-refractivity contribution in [2.75, 3.05) is 6.54 Å². The van der Waals surface area contributed by atoms with Crippen molar-refractivity contribution in [2.24, 2.45) is 0 Å². The summed E-state index contributed by atoms with van der Waals surface area (Å²) in [5.41, 5.74) is 1.63. The van der Waals surface area contributed by atoms with Crippen molar-refractivity contribution in [1.29, 1.82) is 0 Å². The molecular weight excluding hydrogens is 378 g/mol. The van der Waals surface area contributed by atoms with Gasteiger partial charge in [0.15, 0.2) is 0 Å². The normalized spacial score (nSPS) is 20.5. The summed E-state index contributed by atoms with van der Waals surface area (Å²) < 4.78 is 36.3. The number of nitrogens with zero attached hydrogens (tertiary/aromatic N) is 1. The maximum absolute atomic E-state index is 12.6. The molecule has 0 aromatic heterocycles.